The zero-order valence-corrected chi connectivity index (χ0v) is 10.9. The van der Waals surface area contributed by atoms with E-state index in [1.807, 2.05) is 0 Å². The van der Waals surface area contributed by atoms with Gasteiger partial charge in [-0.25, -0.2) is 4.39 Å². The van der Waals surface area contributed by atoms with Crippen molar-refractivity contribution in [1.82, 2.24) is 5.32 Å². The van der Waals surface area contributed by atoms with Crippen LogP contribution >= 0.6 is 0 Å². The summed E-state index contributed by atoms with van der Waals surface area (Å²) in [6.07, 6.45) is 2.06. The van der Waals surface area contributed by atoms with Crippen LogP contribution in [0.5, 0.6) is 5.75 Å². The Balaban J connectivity index is 2.01. The summed E-state index contributed by atoms with van der Waals surface area (Å²) in [7, 11) is 1.48. The standard InChI is InChI=1S/C14H20FNO2/c1-10(16-12-5-7-18-8-6-12)11-3-4-13(15)14(9-11)17-2/h3-4,9-10,12,16H,5-8H2,1-2H3. The molecule has 0 aromatic heterocycles. The van der Waals surface area contributed by atoms with Crippen molar-refractivity contribution in [2.45, 2.75) is 31.8 Å². The van der Waals surface area contributed by atoms with Crippen molar-refractivity contribution >= 4 is 0 Å². The fraction of sp³-hybridized carbons (Fsp3) is 0.571. The molecule has 1 atom stereocenters. The van der Waals surface area contributed by atoms with Crippen molar-refractivity contribution in [2.75, 3.05) is 20.3 Å². The summed E-state index contributed by atoms with van der Waals surface area (Å²) in [5.74, 6) is -0.0207. The summed E-state index contributed by atoms with van der Waals surface area (Å²) >= 11 is 0. The molecule has 3 nitrogen and oxygen atoms in total. The van der Waals surface area contributed by atoms with E-state index in [9.17, 15) is 4.39 Å². The average molecular weight is 253 g/mol. The number of nitrogens with one attached hydrogen (secondary N) is 1. The lowest BCUT2D eigenvalue weighted by atomic mass is 10.0. The number of hydrogen-bond acceptors (Lipinski definition) is 3. The van der Waals surface area contributed by atoms with Gasteiger partial charge >= 0.3 is 0 Å². The second-order valence-corrected chi connectivity index (χ2v) is 4.67. The zero-order chi connectivity index (χ0) is 13.0. The number of halogens is 1. The molecular formula is C14H20FNO2. The molecule has 1 N–H and O–H groups in total. The third kappa shape index (κ3) is 3.21. The van der Waals surface area contributed by atoms with Gasteiger partial charge in [-0.2, -0.15) is 0 Å². The van der Waals surface area contributed by atoms with E-state index in [0.717, 1.165) is 31.6 Å². The van der Waals surface area contributed by atoms with Crippen LogP contribution in [0, 0.1) is 5.82 Å². The molecule has 0 spiro atoms. The van der Waals surface area contributed by atoms with Crippen molar-refractivity contribution in [3.05, 3.63) is 29.6 Å². The third-order valence-corrected chi connectivity index (χ3v) is 3.38. The highest BCUT2D eigenvalue weighted by molar-refractivity contribution is 5.31. The van der Waals surface area contributed by atoms with Gasteiger partial charge in [0, 0.05) is 25.3 Å². The quantitative estimate of drug-likeness (QED) is 0.895. The predicted molar refractivity (Wildman–Crippen MR) is 68.3 cm³/mol. The minimum atomic E-state index is -0.320. The molecule has 2 rings (SSSR count). The van der Waals surface area contributed by atoms with E-state index in [-0.39, 0.29) is 11.9 Å². The molecule has 1 unspecified atom stereocenters. The van der Waals surface area contributed by atoms with Gasteiger partial charge in [0.15, 0.2) is 11.6 Å². The average Bonchev–Trinajstić information content (AvgIpc) is 2.40. The second-order valence-electron chi connectivity index (χ2n) is 4.67. The molecule has 0 amide bonds. The highest BCUT2D eigenvalue weighted by Crippen LogP contribution is 2.23. The first-order valence-electron chi connectivity index (χ1n) is 6.38. The molecule has 1 fully saturated rings. The molecule has 1 aliphatic rings. The minimum absolute atomic E-state index is 0.183. The molecule has 1 aliphatic heterocycles. The van der Waals surface area contributed by atoms with Crippen molar-refractivity contribution in [3.63, 3.8) is 0 Å². The Morgan fingerprint density at radius 3 is 2.78 bits per heavy atom. The summed E-state index contributed by atoms with van der Waals surface area (Å²) in [6, 6.07) is 5.67. The molecule has 0 radical (unpaired) electrons. The van der Waals surface area contributed by atoms with E-state index in [0.29, 0.717) is 11.8 Å². The van der Waals surface area contributed by atoms with Gasteiger partial charge < -0.3 is 14.8 Å². The van der Waals surface area contributed by atoms with Crippen molar-refractivity contribution in [1.29, 1.82) is 0 Å². The SMILES string of the molecule is COc1cc(C(C)NC2CCOCC2)ccc1F. The van der Waals surface area contributed by atoms with Gasteiger partial charge in [-0.15, -0.1) is 0 Å². The fourth-order valence-electron chi connectivity index (χ4n) is 2.26. The molecule has 18 heavy (non-hydrogen) atoms. The maximum absolute atomic E-state index is 13.3. The van der Waals surface area contributed by atoms with Crippen molar-refractivity contribution in [2.24, 2.45) is 0 Å². The second kappa shape index (κ2) is 6.16. The van der Waals surface area contributed by atoms with Crippen LogP contribution in [0.15, 0.2) is 18.2 Å². The summed E-state index contributed by atoms with van der Waals surface area (Å²) < 4.78 is 23.7. The highest BCUT2D eigenvalue weighted by atomic mass is 19.1. The Morgan fingerprint density at radius 1 is 1.39 bits per heavy atom. The van der Waals surface area contributed by atoms with Crippen LogP contribution in [0.25, 0.3) is 0 Å². The van der Waals surface area contributed by atoms with Gasteiger partial charge in [0.25, 0.3) is 0 Å². The lowest BCUT2D eigenvalue weighted by Gasteiger charge is -2.27. The molecule has 1 heterocycles. The largest absolute Gasteiger partial charge is 0.494 e. The molecule has 1 saturated heterocycles. The van der Waals surface area contributed by atoms with Gasteiger partial charge in [0.1, 0.15) is 0 Å². The van der Waals surface area contributed by atoms with E-state index >= 15 is 0 Å². The maximum Gasteiger partial charge on any atom is 0.165 e. The predicted octanol–water partition coefficient (Wildman–Crippen LogP) is 2.66. The van der Waals surface area contributed by atoms with Crippen LogP contribution in [0.3, 0.4) is 0 Å². The summed E-state index contributed by atoms with van der Waals surface area (Å²) in [6.45, 7) is 3.72. The maximum atomic E-state index is 13.3. The molecule has 4 heteroatoms. The number of methoxy groups -OCH3 is 1. The third-order valence-electron chi connectivity index (χ3n) is 3.38. The topological polar surface area (TPSA) is 30.5 Å². The van der Waals surface area contributed by atoms with E-state index in [2.05, 4.69) is 12.2 Å². The molecule has 1 aromatic rings. The van der Waals surface area contributed by atoms with Gasteiger partial charge in [0.2, 0.25) is 0 Å². The first-order chi connectivity index (χ1) is 8.70. The van der Waals surface area contributed by atoms with Crippen molar-refractivity contribution < 1.29 is 13.9 Å². The van der Waals surface area contributed by atoms with E-state index in [1.165, 1.54) is 13.2 Å². The van der Waals surface area contributed by atoms with Crippen LogP contribution in [0.2, 0.25) is 0 Å². The Labute approximate surface area is 107 Å². The lowest BCUT2D eigenvalue weighted by molar-refractivity contribution is 0.0754. The first kappa shape index (κ1) is 13.3. The summed E-state index contributed by atoms with van der Waals surface area (Å²) in [4.78, 5) is 0. The van der Waals surface area contributed by atoms with Crippen LogP contribution in [0.4, 0.5) is 4.39 Å². The summed E-state index contributed by atoms with van der Waals surface area (Å²) in [5, 5.41) is 3.55. The fourth-order valence-corrected chi connectivity index (χ4v) is 2.26. The van der Waals surface area contributed by atoms with Gasteiger partial charge in [0.05, 0.1) is 7.11 Å². The van der Waals surface area contributed by atoms with Crippen LogP contribution in [-0.4, -0.2) is 26.4 Å². The van der Waals surface area contributed by atoms with Crippen LogP contribution in [0.1, 0.15) is 31.4 Å². The number of ether oxygens (including phenoxy) is 2. The normalized spacial score (nSPS) is 18.6. The molecule has 100 valence electrons. The number of rotatable bonds is 4. The minimum Gasteiger partial charge on any atom is -0.494 e. The van der Waals surface area contributed by atoms with E-state index < -0.39 is 0 Å². The highest BCUT2D eigenvalue weighted by Gasteiger charge is 2.17. The Morgan fingerprint density at radius 2 is 2.11 bits per heavy atom. The van der Waals surface area contributed by atoms with E-state index in [4.69, 9.17) is 9.47 Å². The smallest absolute Gasteiger partial charge is 0.165 e. The van der Waals surface area contributed by atoms with Crippen LogP contribution in [-0.2, 0) is 4.74 Å². The van der Waals surface area contributed by atoms with Gasteiger partial charge in [-0.3, -0.25) is 0 Å². The molecule has 1 aromatic carbocycles. The molecule has 0 saturated carbocycles. The van der Waals surface area contributed by atoms with Crippen LogP contribution < -0.4 is 10.1 Å². The van der Waals surface area contributed by atoms with Crippen molar-refractivity contribution in [3.8, 4) is 5.75 Å². The monoisotopic (exact) mass is 253 g/mol. The number of benzene rings is 1. The first-order valence-corrected chi connectivity index (χ1v) is 6.38. The van der Waals surface area contributed by atoms with Gasteiger partial charge in [-0.05, 0) is 37.5 Å². The molecule has 0 aliphatic carbocycles. The molecule has 0 bridgehead atoms. The zero-order valence-electron chi connectivity index (χ0n) is 10.9. The van der Waals surface area contributed by atoms with E-state index in [1.54, 1.807) is 12.1 Å². The number of hydrogen-bond donors (Lipinski definition) is 1. The molecular weight excluding hydrogens is 233 g/mol. The Hall–Kier alpha value is -1.13. The lowest BCUT2D eigenvalue weighted by Crippen LogP contribution is -2.36. The van der Waals surface area contributed by atoms with Gasteiger partial charge in [-0.1, -0.05) is 6.07 Å². The summed E-state index contributed by atoms with van der Waals surface area (Å²) in [5.41, 5.74) is 1.04. The Kier molecular flexibility index (Phi) is 4.55. The Bertz CT molecular complexity index is 391.